The molecule has 8 nitrogen and oxygen atoms in total. The van der Waals surface area contributed by atoms with Gasteiger partial charge in [0, 0.05) is 42.4 Å². The number of anilines is 1. The highest BCUT2D eigenvalue weighted by Gasteiger charge is 2.24. The predicted octanol–water partition coefficient (Wildman–Crippen LogP) is 4.26. The Bertz CT molecular complexity index is 1220. The number of nitrogens with zero attached hydrogens (tertiary/aromatic N) is 2. The van der Waals surface area contributed by atoms with Crippen molar-refractivity contribution in [1.82, 2.24) is 20.6 Å². The van der Waals surface area contributed by atoms with Crippen LogP contribution >= 0.6 is 0 Å². The summed E-state index contributed by atoms with van der Waals surface area (Å²) in [6.07, 6.45) is 3.67. The highest BCUT2D eigenvalue weighted by Crippen LogP contribution is 2.33. The minimum Gasteiger partial charge on any atom is -0.496 e. The summed E-state index contributed by atoms with van der Waals surface area (Å²) in [6.45, 7) is 5.01. The molecule has 3 N–H and O–H groups in total. The average Bonchev–Trinajstić information content (AvgIpc) is 3.74. The number of ether oxygens (including phenoxy) is 1. The third-order valence-electron chi connectivity index (χ3n) is 6.69. The monoisotopic (exact) mass is 487 g/mol. The molecule has 1 aliphatic carbocycles. The third kappa shape index (κ3) is 6.00. The molecule has 36 heavy (non-hydrogen) atoms. The van der Waals surface area contributed by atoms with E-state index >= 15 is 0 Å². The van der Waals surface area contributed by atoms with Crippen molar-refractivity contribution in [3.8, 4) is 17.0 Å². The van der Waals surface area contributed by atoms with Gasteiger partial charge in [-0.2, -0.15) is 0 Å². The smallest absolute Gasteiger partial charge is 0.251 e. The Morgan fingerprint density at radius 1 is 1.00 bits per heavy atom. The predicted molar refractivity (Wildman–Crippen MR) is 140 cm³/mol. The molecule has 0 aliphatic heterocycles. The molecule has 1 fully saturated rings. The minimum atomic E-state index is -0.141. The number of carbonyl (C=O) groups excluding carboxylic acids is 2. The van der Waals surface area contributed by atoms with Gasteiger partial charge in [-0.15, -0.1) is 0 Å². The van der Waals surface area contributed by atoms with Gasteiger partial charge in [-0.1, -0.05) is 32.0 Å². The fourth-order valence-electron chi connectivity index (χ4n) is 4.02. The summed E-state index contributed by atoms with van der Waals surface area (Å²) in [7, 11) is 3.23. The molecule has 2 aromatic carbocycles. The van der Waals surface area contributed by atoms with E-state index in [-0.39, 0.29) is 23.7 Å². The normalized spacial score (nSPS) is 14.4. The lowest BCUT2D eigenvalue weighted by Gasteiger charge is -2.23. The summed E-state index contributed by atoms with van der Waals surface area (Å²) in [4.78, 5) is 33.0. The lowest BCUT2D eigenvalue weighted by molar-refractivity contribution is 0.0947. The molecule has 2 amide bonds. The van der Waals surface area contributed by atoms with Gasteiger partial charge in [-0.3, -0.25) is 9.59 Å². The number of aromatic nitrogens is 2. The van der Waals surface area contributed by atoms with Crippen LogP contribution in [0.4, 0.5) is 5.82 Å². The number of carbonyl (C=O) groups is 2. The maximum absolute atomic E-state index is 12.2. The minimum absolute atomic E-state index is 0.0305. The largest absolute Gasteiger partial charge is 0.496 e. The second kappa shape index (κ2) is 11.2. The van der Waals surface area contributed by atoms with Crippen LogP contribution in [0.5, 0.6) is 5.75 Å². The van der Waals surface area contributed by atoms with Gasteiger partial charge in [0.25, 0.3) is 11.8 Å². The van der Waals surface area contributed by atoms with E-state index in [4.69, 9.17) is 4.74 Å². The van der Waals surface area contributed by atoms with Gasteiger partial charge in [0.1, 0.15) is 17.9 Å². The summed E-state index contributed by atoms with van der Waals surface area (Å²) in [5.74, 6) is 1.70. The fourth-order valence-corrected chi connectivity index (χ4v) is 4.02. The molecule has 0 bridgehead atoms. The van der Waals surface area contributed by atoms with Crippen LogP contribution in [0.1, 0.15) is 58.9 Å². The lowest BCUT2D eigenvalue weighted by atomic mass is 9.87. The highest BCUT2D eigenvalue weighted by molar-refractivity contribution is 5.95. The van der Waals surface area contributed by atoms with Gasteiger partial charge in [0.15, 0.2) is 0 Å². The topological polar surface area (TPSA) is 105 Å². The molecular weight excluding hydrogens is 454 g/mol. The third-order valence-corrected chi connectivity index (χ3v) is 6.69. The molecule has 3 aromatic rings. The summed E-state index contributed by atoms with van der Waals surface area (Å²) < 4.78 is 5.58. The Kier molecular flexibility index (Phi) is 7.83. The van der Waals surface area contributed by atoms with Crippen LogP contribution in [-0.4, -0.2) is 48.5 Å². The number of benzene rings is 2. The molecule has 1 heterocycles. The summed E-state index contributed by atoms with van der Waals surface area (Å²) in [6, 6.07) is 15.3. The molecule has 0 radical (unpaired) electrons. The van der Waals surface area contributed by atoms with Gasteiger partial charge in [-0.05, 0) is 54.5 Å². The van der Waals surface area contributed by atoms with Crippen molar-refractivity contribution < 1.29 is 14.3 Å². The molecule has 0 saturated heterocycles. The van der Waals surface area contributed by atoms with Gasteiger partial charge in [0.05, 0.1) is 12.8 Å². The number of rotatable bonds is 10. The Morgan fingerprint density at radius 2 is 1.72 bits per heavy atom. The molecule has 1 aliphatic rings. The standard InChI is InChI=1S/C28H33N5O3/c1-17(18(2)23-12-9-21(27(34)29-3)13-25(23)36-4)15-30-26-14-24(31-16-32-26)19-5-7-20(8-6-19)28(35)33-22-10-11-22/h5-9,12-14,16-18,22H,10-11,15H2,1-4H3,(H,29,34)(H,33,35)(H,30,31,32)/t17-,18?/m1/s1. The van der Waals surface area contributed by atoms with Crippen molar-refractivity contribution >= 4 is 17.6 Å². The van der Waals surface area contributed by atoms with E-state index in [0.29, 0.717) is 29.5 Å². The van der Waals surface area contributed by atoms with E-state index in [0.717, 1.165) is 35.5 Å². The second-order valence-corrected chi connectivity index (χ2v) is 9.30. The van der Waals surface area contributed by atoms with Crippen molar-refractivity contribution in [2.45, 2.75) is 38.6 Å². The summed E-state index contributed by atoms with van der Waals surface area (Å²) >= 11 is 0. The Balaban J connectivity index is 1.39. The first-order chi connectivity index (χ1) is 17.4. The van der Waals surface area contributed by atoms with E-state index in [2.05, 4.69) is 39.8 Å². The van der Waals surface area contributed by atoms with Gasteiger partial charge >= 0.3 is 0 Å². The molecule has 1 saturated carbocycles. The molecule has 8 heteroatoms. The van der Waals surface area contributed by atoms with Crippen LogP contribution in [-0.2, 0) is 0 Å². The maximum Gasteiger partial charge on any atom is 0.251 e. The summed E-state index contributed by atoms with van der Waals surface area (Å²) in [5.41, 5.74) is 3.98. The second-order valence-electron chi connectivity index (χ2n) is 9.30. The van der Waals surface area contributed by atoms with Crippen LogP contribution in [0.15, 0.2) is 54.9 Å². The van der Waals surface area contributed by atoms with Crippen molar-refractivity contribution in [2.75, 3.05) is 26.0 Å². The van der Waals surface area contributed by atoms with Crippen LogP contribution in [0.25, 0.3) is 11.3 Å². The quantitative estimate of drug-likeness (QED) is 0.395. The number of methoxy groups -OCH3 is 1. The first-order valence-electron chi connectivity index (χ1n) is 12.3. The number of nitrogens with one attached hydrogen (secondary N) is 3. The number of hydrogen-bond donors (Lipinski definition) is 3. The van der Waals surface area contributed by atoms with Crippen molar-refractivity contribution in [3.05, 3.63) is 71.5 Å². The van der Waals surface area contributed by atoms with Crippen LogP contribution in [0.2, 0.25) is 0 Å². The molecule has 188 valence electrons. The Morgan fingerprint density at radius 3 is 2.39 bits per heavy atom. The first-order valence-corrected chi connectivity index (χ1v) is 12.3. The van der Waals surface area contributed by atoms with Crippen LogP contribution in [0.3, 0.4) is 0 Å². The van der Waals surface area contributed by atoms with Gasteiger partial charge in [0.2, 0.25) is 0 Å². The Labute approximate surface area is 211 Å². The molecule has 2 atom stereocenters. The zero-order chi connectivity index (χ0) is 25.7. The Hall–Kier alpha value is -3.94. The molecule has 1 aromatic heterocycles. The molecule has 4 rings (SSSR count). The molecule has 1 unspecified atom stereocenters. The zero-order valence-electron chi connectivity index (χ0n) is 21.2. The van der Waals surface area contributed by atoms with Crippen LogP contribution < -0.4 is 20.7 Å². The maximum atomic E-state index is 12.2. The molecular formula is C28H33N5O3. The fraction of sp³-hybridized carbons (Fsp3) is 0.357. The van der Waals surface area contributed by atoms with Crippen LogP contribution in [0, 0.1) is 5.92 Å². The number of hydrogen-bond acceptors (Lipinski definition) is 6. The van der Waals surface area contributed by atoms with Crippen molar-refractivity contribution in [2.24, 2.45) is 5.92 Å². The van der Waals surface area contributed by atoms with Crippen molar-refractivity contribution in [1.29, 1.82) is 0 Å². The van der Waals surface area contributed by atoms with E-state index in [1.807, 2.05) is 42.5 Å². The molecule has 0 spiro atoms. The zero-order valence-corrected chi connectivity index (χ0v) is 21.2. The highest BCUT2D eigenvalue weighted by atomic mass is 16.5. The van der Waals surface area contributed by atoms with E-state index in [1.165, 1.54) is 0 Å². The van der Waals surface area contributed by atoms with Gasteiger partial charge in [-0.25, -0.2) is 9.97 Å². The van der Waals surface area contributed by atoms with E-state index in [1.54, 1.807) is 26.6 Å². The van der Waals surface area contributed by atoms with Gasteiger partial charge < -0.3 is 20.7 Å². The lowest BCUT2D eigenvalue weighted by Crippen LogP contribution is -2.25. The van der Waals surface area contributed by atoms with Crippen molar-refractivity contribution in [3.63, 3.8) is 0 Å². The SMILES string of the molecule is CNC(=O)c1ccc(C(C)[C@H](C)CNc2cc(-c3ccc(C(=O)NC4CC4)cc3)ncn2)c(OC)c1. The summed E-state index contributed by atoms with van der Waals surface area (Å²) in [5, 5.41) is 9.06. The van der Waals surface area contributed by atoms with E-state index < -0.39 is 0 Å². The van der Waals surface area contributed by atoms with E-state index in [9.17, 15) is 9.59 Å². The first kappa shape index (κ1) is 25.2. The number of amides is 2. The average molecular weight is 488 g/mol.